The highest BCUT2D eigenvalue weighted by Gasteiger charge is 2.10. The van der Waals surface area contributed by atoms with Crippen molar-refractivity contribution in [3.63, 3.8) is 0 Å². The summed E-state index contributed by atoms with van der Waals surface area (Å²) in [5.74, 6) is -0.128. The Morgan fingerprint density at radius 3 is 2.86 bits per heavy atom. The van der Waals surface area contributed by atoms with Crippen molar-refractivity contribution >= 4 is 23.4 Å². The zero-order chi connectivity index (χ0) is 15.2. The van der Waals surface area contributed by atoms with Gasteiger partial charge in [-0.15, -0.1) is 0 Å². The number of nitrogens with one attached hydrogen (secondary N) is 1. The van der Waals surface area contributed by atoms with E-state index in [9.17, 15) is 4.79 Å². The van der Waals surface area contributed by atoms with Crippen LogP contribution < -0.4 is 16.8 Å². The van der Waals surface area contributed by atoms with Crippen LogP contribution in [-0.2, 0) is 6.54 Å². The van der Waals surface area contributed by atoms with Gasteiger partial charge in [0.15, 0.2) is 0 Å². The van der Waals surface area contributed by atoms with E-state index in [4.69, 9.17) is 17.0 Å². The highest BCUT2D eigenvalue weighted by atomic mass is 16.1. The van der Waals surface area contributed by atoms with Gasteiger partial charge in [-0.3, -0.25) is 4.79 Å². The van der Waals surface area contributed by atoms with Gasteiger partial charge in [0.05, 0.1) is 5.69 Å². The first kappa shape index (κ1) is 14.1. The first-order chi connectivity index (χ1) is 10.1. The monoisotopic (exact) mass is 284 g/mol. The summed E-state index contributed by atoms with van der Waals surface area (Å²) in [5.41, 5.74) is 20.6. The Hall–Kier alpha value is -3.32. The summed E-state index contributed by atoms with van der Waals surface area (Å²) in [6.07, 6.45) is 1.44. The summed E-state index contributed by atoms with van der Waals surface area (Å²) in [6, 6.07) is 6.45. The summed E-state index contributed by atoms with van der Waals surface area (Å²) in [5, 5.41) is 6.12. The van der Waals surface area contributed by atoms with Crippen molar-refractivity contribution in [2.75, 3.05) is 11.5 Å². The maximum atomic E-state index is 12.1. The van der Waals surface area contributed by atoms with Gasteiger partial charge < -0.3 is 16.8 Å². The number of rotatable bonds is 4. The molecular weight excluding hydrogens is 272 g/mol. The Balaban J connectivity index is 2.13. The lowest BCUT2D eigenvalue weighted by molar-refractivity contribution is 0.0951. The molecule has 0 aliphatic carbocycles. The lowest BCUT2D eigenvalue weighted by Gasteiger charge is -2.08. The number of azide groups is 1. The molecule has 2 aromatic rings. The minimum atomic E-state index is -0.394. The molecule has 9 nitrogen and oxygen atoms in total. The topological polar surface area (TPSA) is 156 Å². The fraction of sp³-hybridized carbons (Fsp3) is 0.0833. The summed E-state index contributed by atoms with van der Waals surface area (Å²) >= 11 is 0. The van der Waals surface area contributed by atoms with E-state index >= 15 is 0 Å². The standard InChI is InChI=1S/C12H12N8O/c13-10-7(6-17-12(14)18-10)5-16-11(21)8-3-1-2-4-9(8)19-20-15/h1-4,6H,5H2,(H,16,21)(H4,13,14,17,18). The van der Waals surface area contributed by atoms with Crippen LogP contribution in [0.15, 0.2) is 35.6 Å². The third-order valence-electron chi connectivity index (χ3n) is 2.66. The van der Waals surface area contributed by atoms with Crippen LogP contribution in [0, 0.1) is 0 Å². The number of carbonyl (C=O) groups is 1. The smallest absolute Gasteiger partial charge is 0.252 e. The third-order valence-corrected chi connectivity index (χ3v) is 2.66. The molecule has 0 bridgehead atoms. The largest absolute Gasteiger partial charge is 0.383 e. The van der Waals surface area contributed by atoms with Crippen molar-refractivity contribution < 1.29 is 4.79 Å². The highest BCUT2D eigenvalue weighted by molar-refractivity contribution is 5.98. The van der Waals surface area contributed by atoms with Gasteiger partial charge in [0.2, 0.25) is 5.95 Å². The van der Waals surface area contributed by atoms with Crippen molar-refractivity contribution in [2.24, 2.45) is 5.11 Å². The predicted molar refractivity (Wildman–Crippen MR) is 77.3 cm³/mol. The second-order valence-corrected chi connectivity index (χ2v) is 4.03. The minimum absolute atomic E-state index is 0.0660. The Kier molecular flexibility index (Phi) is 4.17. The van der Waals surface area contributed by atoms with Gasteiger partial charge in [0.25, 0.3) is 5.91 Å². The van der Waals surface area contributed by atoms with E-state index in [0.29, 0.717) is 5.56 Å². The van der Waals surface area contributed by atoms with Crippen LogP contribution in [0.2, 0.25) is 0 Å². The summed E-state index contributed by atoms with van der Waals surface area (Å²) < 4.78 is 0. The van der Waals surface area contributed by atoms with Gasteiger partial charge in [-0.05, 0) is 11.6 Å². The van der Waals surface area contributed by atoms with Gasteiger partial charge in [0, 0.05) is 28.8 Å². The molecule has 0 saturated heterocycles. The summed E-state index contributed by atoms with van der Waals surface area (Å²) in [6.45, 7) is 0.134. The van der Waals surface area contributed by atoms with E-state index in [1.807, 2.05) is 0 Å². The second-order valence-electron chi connectivity index (χ2n) is 4.03. The molecule has 1 aromatic heterocycles. The van der Waals surface area contributed by atoms with Crippen LogP contribution in [0.1, 0.15) is 15.9 Å². The number of nitrogens with zero attached hydrogens (tertiary/aromatic N) is 5. The molecule has 5 N–H and O–H groups in total. The zero-order valence-electron chi connectivity index (χ0n) is 10.9. The van der Waals surface area contributed by atoms with Gasteiger partial charge in [-0.2, -0.15) is 4.98 Å². The summed E-state index contributed by atoms with van der Waals surface area (Å²) in [7, 11) is 0. The number of benzene rings is 1. The normalized spacial score (nSPS) is 9.71. The zero-order valence-corrected chi connectivity index (χ0v) is 10.9. The molecule has 1 heterocycles. The maximum Gasteiger partial charge on any atom is 0.252 e. The average molecular weight is 284 g/mol. The molecular formula is C12H12N8O. The quantitative estimate of drug-likeness (QED) is 0.440. The van der Waals surface area contributed by atoms with Crippen molar-refractivity contribution in [3.8, 4) is 0 Å². The van der Waals surface area contributed by atoms with Gasteiger partial charge >= 0.3 is 0 Å². The Morgan fingerprint density at radius 2 is 2.14 bits per heavy atom. The van der Waals surface area contributed by atoms with Gasteiger partial charge in [-0.25, -0.2) is 4.98 Å². The Morgan fingerprint density at radius 1 is 1.38 bits per heavy atom. The number of anilines is 2. The molecule has 0 fully saturated rings. The molecule has 1 aromatic carbocycles. The number of nitrogens with two attached hydrogens (primary N) is 2. The van der Waals surface area contributed by atoms with Crippen LogP contribution in [-0.4, -0.2) is 15.9 Å². The number of hydrogen-bond donors (Lipinski definition) is 3. The van der Waals surface area contributed by atoms with Crippen molar-refractivity contribution in [1.29, 1.82) is 0 Å². The highest BCUT2D eigenvalue weighted by Crippen LogP contribution is 2.19. The van der Waals surface area contributed by atoms with E-state index < -0.39 is 5.91 Å². The van der Waals surface area contributed by atoms with Gasteiger partial charge in [0.1, 0.15) is 5.82 Å². The predicted octanol–water partition coefficient (Wildman–Crippen LogP) is 1.51. The van der Waals surface area contributed by atoms with Crippen LogP contribution in [0.3, 0.4) is 0 Å². The molecule has 1 amide bonds. The van der Waals surface area contributed by atoms with E-state index in [0.717, 1.165) is 0 Å². The molecule has 0 unspecified atom stereocenters. The Labute approximate surface area is 119 Å². The lowest BCUT2D eigenvalue weighted by atomic mass is 10.1. The number of aromatic nitrogens is 2. The molecule has 0 radical (unpaired) electrons. The first-order valence-electron chi connectivity index (χ1n) is 5.91. The fourth-order valence-corrected chi connectivity index (χ4v) is 1.64. The molecule has 0 aliphatic heterocycles. The Bertz CT molecular complexity index is 723. The van der Waals surface area contributed by atoms with Gasteiger partial charge in [-0.1, -0.05) is 23.3 Å². The first-order valence-corrected chi connectivity index (χ1v) is 5.91. The van der Waals surface area contributed by atoms with Crippen molar-refractivity contribution in [2.45, 2.75) is 6.54 Å². The fourth-order valence-electron chi connectivity index (χ4n) is 1.64. The average Bonchev–Trinajstić information content (AvgIpc) is 2.47. The second kappa shape index (κ2) is 6.22. The number of hydrogen-bond acceptors (Lipinski definition) is 6. The van der Waals surface area contributed by atoms with Crippen LogP contribution >= 0.6 is 0 Å². The molecule has 9 heteroatoms. The summed E-state index contributed by atoms with van der Waals surface area (Å²) in [4.78, 5) is 22.4. The molecule has 0 spiro atoms. The van der Waals surface area contributed by atoms with Crippen LogP contribution in [0.4, 0.5) is 17.5 Å². The number of amides is 1. The third kappa shape index (κ3) is 3.37. The molecule has 21 heavy (non-hydrogen) atoms. The van der Waals surface area contributed by atoms with E-state index in [2.05, 4.69) is 25.3 Å². The van der Waals surface area contributed by atoms with Crippen LogP contribution in [0.5, 0.6) is 0 Å². The molecule has 2 rings (SSSR count). The maximum absolute atomic E-state index is 12.1. The van der Waals surface area contributed by atoms with E-state index in [-0.39, 0.29) is 29.6 Å². The van der Waals surface area contributed by atoms with Crippen molar-refractivity contribution in [3.05, 3.63) is 52.0 Å². The molecule has 0 saturated carbocycles. The molecule has 0 atom stereocenters. The van der Waals surface area contributed by atoms with E-state index in [1.54, 1.807) is 24.3 Å². The van der Waals surface area contributed by atoms with Crippen molar-refractivity contribution in [1.82, 2.24) is 15.3 Å². The number of carbonyl (C=O) groups excluding carboxylic acids is 1. The van der Waals surface area contributed by atoms with E-state index in [1.165, 1.54) is 6.20 Å². The lowest BCUT2D eigenvalue weighted by Crippen LogP contribution is -2.23. The minimum Gasteiger partial charge on any atom is -0.383 e. The molecule has 0 aliphatic rings. The van der Waals surface area contributed by atoms with Crippen LogP contribution in [0.25, 0.3) is 10.4 Å². The number of nitrogen functional groups attached to an aromatic ring is 2. The SMILES string of the molecule is [N-]=[N+]=Nc1ccccc1C(=O)NCc1cnc(N)nc1N. The molecule has 106 valence electrons.